The summed E-state index contributed by atoms with van der Waals surface area (Å²) in [6.07, 6.45) is 2.55. The van der Waals surface area contributed by atoms with Crippen LogP contribution in [0.1, 0.15) is 33.7 Å². The van der Waals surface area contributed by atoms with Crippen LogP contribution < -0.4 is 10.6 Å². The number of hydrogen-bond donors (Lipinski definition) is 2. The van der Waals surface area contributed by atoms with Crippen molar-refractivity contribution < 1.29 is 18.4 Å². The summed E-state index contributed by atoms with van der Waals surface area (Å²) >= 11 is 0. The lowest BCUT2D eigenvalue weighted by atomic mass is 10.1. The van der Waals surface area contributed by atoms with E-state index in [1.54, 1.807) is 18.2 Å². The first-order chi connectivity index (χ1) is 14.0. The Kier molecular flexibility index (Phi) is 3.94. The van der Waals surface area contributed by atoms with Gasteiger partial charge in [0.05, 0.1) is 12.1 Å². The van der Waals surface area contributed by atoms with E-state index in [-0.39, 0.29) is 23.9 Å². The van der Waals surface area contributed by atoms with Crippen molar-refractivity contribution in [3.05, 3.63) is 70.5 Å². The molecule has 2 aromatic carbocycles. The van der Waals surface area contributed by atoms with Gasteiger partial charge in [0.25, 0.3) is 5.91 Å². The summed E-state index contributed by atoms with van der Waals surface area (Å²) in [5, 5.41) is 9.98. The van der Waals surface area contributed by atoms with Crippen molar-refractivity contribution in [1.29, 1.82) is 0 Å². The largest absolute Gasteiger partial charge is 0.326 e. The maximum absolute atomic E-state index is 13.7. The number of rotatable bonds is 3. The molecule has 2 aliphatic rings. The minimum atomic E-state index is -0.961. The molecule has 1 aliphatic carbocycles. The minimum Gasteiger partial charge on any atom is -0.326 e. The zero-order valence-electron chi connectivity index (χ0n) is 15.3. The number of amides is 2. The highest BCUT2D eigenvalue weighted by molar-refractivity contribution is 6.05. The SMILES string of the molecule is O=C1Cc2cc(NC(=O)c3nn(-c4ccc(F)c(F)c4)c4c3CCC4)ccc2N1. The summed E-state index contributed by atoms with van der Waals surface area (Å²) in [7, 11) is 0. The molecule has 0 radical (unpaired) electrons. The van der Waals surface area contributed by atoms with Crippen LogP contribution in [0.2, 0.25) is 0 Å². The molecule has 2 N–H and O–H groups in total. The fourth-order valence-corrected chi connectivity index (χ4v) is 3.95. The fraction of sp³-hybridized carbons (Fsp3) is 0.190. The predicted molar refractivity (Wildman–Crippen MR) is 102 cm³/mol. The number of nitrogens with zero attached hydrogens (tertiary/aromatic N) is 2. The van der Waals surface area contributed by atoms with E-state index in [4.69, 9.17) is 0 Å². The van der Waals surface area contributed by atoms with Crippen LogP contribution in [0.4, 0.5) is 20.2 Å². The number of hydrogen-bond acceptors (Lipinski definition) is 3. The van der Waals surface area contributed by atoms with Crippen molar-refractivity contribution in [3.63, 3.8) is 0 Å². The molecule has 0 fully saturated rings. The molecule has 0 atom stereocenters. The minimum absolute atomic E-state index is 0.0773. The quantitative estimate of drug-likeness (QED) is 0.715. The summed E-state index contributed by atoms with van der Waals surface area (Å²) < 4.78 is 28.5. The molecule has 1 aliphatic heterocycles. The molecule has 6 nitrogen and oxygen atoms in total. The number of halogens is 2. The Bertz CT molecular complexity index is 1190. The van der Waals surface area contributed by atoms with Gasteiger partial charge in [0.2, 0.25) is 5.91 Å². The van der Waals surface area contributed by atoms with E-state index in [2.05, 4.69) is 15.7 Å². The summed E-state index contributed by atoms with van der Waals surface area (Å²) in [5.41, 5.74) is 4.46. The first-order valence-corrected chi connectivity index (χ1v) is 9.30. The number of nitrogens with one attached hydrogen (secondary N) is 2. The van der Waals surface area contributed by atoms with Gasteiger partial charge in [-0.25, -0.2) is 13.5 Å². The van der Waals surface area contributed by atoms with Crippen LogP contribution in [0.5, 0.6) is 0 Å². The van der Waals surface area contributed by atoms with E-state index in [0.717, 1.165) is 41.1 Å². The second-order valence-corrected chi connectivity index (χ2v) is 7.19. The average Bonchev–Trinajstić information content (AvgIpc) is 3.37. The van der Waals surface area contributed by atoms with Gasteiger partial charge in [0, 0.05) is 28.7 Å². The van der Waals surface area contributed by atoms with Crippen LogP contribution in [0.25, 0.3) is 5.69 Å². The van der Waals surface area contributed by atoms with E-state index in [1.165, 1.54) is 10.7 Å². The molecule has 146 valence electrons. The molecule has 0 saturated heterocycles. The number of benzene rings is 2. The first kappa shape index (κ1) is 17.5. The Labute approximate surface area is 164 Å². The molecule has 0 spiro atoms. The third-order valence-electron chi connectivity index (χ3n) is 5.28. The van der Waals surface area contributed by atoms with Gasteiger partial charge in [-0.2, -0.15) is 5.10 Å². The lowest BCUT2D eigenvalue weighted by Crippen LogP contribution is -2.15. The Morgan fingerprint density at radius 3 is 2.79 bits per heavy atom. The zero-order chi connectivity index (χ0) is 20.1. The highest BCUT2D eigenvalue weighted by Crippen LogP contribution is 2.30. The van der Waals surface area contributed by atoms with Crippen molar-refractivity contribution in [3.8, 4) is 5.69 Å². The number of fused-ring (bicyclic) bond motifs is 2. The van der Waals surface area contributed by atoms with Gasteiger partial charge in [-0.3, -0.25) is 9.59 Å². The molecule has 2 amide bonds. The van der Waals surface area contributed by atoms with Crippen LogP contribution in [0.15, 0.2) is 36.4 Å². The first-order valence-electron chi connectivity index (χ1n) is 9.30. The molecule has 0 bridgehead atoms. The maximum Gasteiger partial charge on any atom is 0.276 e. The normalized spacial score (nSPS) is 14.5. The highest BCUT2D eigenvalue weighted by Gasteiger charge is 2.27. The Hall–Kier alpha value is -3.55. The van der Waals surface area contributed by atoms with Crippen molar-refractivity contribution in [2.45, 2.75) is 25.7 Å². The molecule has 0 saturated carbocycles. The van der Waals surface area contributed by atoms with Crippen LogP contribution in [0, 0.1) is 11.6 Å². The van der Waals surface area contributed by atoms with Gasteiger partial charge in [0.1, 0.15) is 0 Å². The second-order valence-electron chi connectivity index (χ2n) is 7.19. The van der Waals surface area contributed by atoms with Crippen molar-refractivity contribution in [2.75, 3.05) is 10.6 Å². The van der Waals surface area contributed by atoms with E-state index in [0.29, 0.717) is 24.2 Å². The lowest BCUT2D eigenvalue weighted by molar-refractivity contribution is -0.115. The average molecular weight is 394 g/mol. The van der Waals surface area contributed by atoms with Gasteiger partial charge >= 0.3 is 0 Å². The van der Waals surface area contributed by atoms with Crippen molar-refractivity contribution in [1.82, 2.24) is 9.78 Å². The molecular weight excluding hydrogens is 378 g/mol. The second kappa shape index (κ2) is 6.51. The Morgan fingerprint density at radius 1 is 1.10 bits per heavy atom. The third-order valence-corrected chi connectivity index (χ3v) is 5.28. The number of carbonyl (C=O) groups excluding carboxylic acids is 2. The molecular formula is C21H16F2N4O2. The van der Waals surface area contributed by atoms with Crippen LogP contribution >= 0.6 is 0 Å². The van der Waals surface area contributed by atoms with Crippen LogP contribution in [-0.4, -0.2) is 21.6 Å². The number of anilines is 2. The van der Waals surface area contributed by atoms with Gasteiger partial charge in [0.15, 0.2) is 17.3 Å². The molecule has 5 rings (SSSR count). The summed E-state index contributed by atoms with van der Waals surface area (Å²) in [6, 6.07) is 8.80. The Morgan fingerprint density at radius 2 is 1.97 bits per heavy atom. The van der Waals surface area contributed by atoms with Gasteiger partial charge in [-0.1, -0.05) is 0 Å². The summed E-state index contributed by atoms with van der Waals surface area (Å²) in [5.74, 6) is -2.34. The lowest BCUT2D eigenvalue weighted by Gasteiger charge is -2.07. The topological polar surface area (TPSA) is 76.0 Å². The van der Waals surface area contributed by atoms with E-state index < -0.39 is 11.6 Å². The van der Waals surface area contributed by atoms with Crippen LogP contribution in [0.3, 0.4) is 0 Å². The van der Waals surface area contributed by atoms with E-state index >= 15 is 0 Å². The Balaban J connectivity index is 1.47. The highest BCUT2D eigenvalue weighted by atomic mass is 19.2. The zero-order valence-corrected chi connectivity index (χ0v) is 15.3. The van der Waals surface area contributed by atoms with Crippen LogP contribution in [-0.2, 0) is 24.1 Å². The van der Waals surface area contributed by atoms with Gasteiger partial charge in [-0.15, -0.1) is 0 Å². The van der Waals surface area contributed by atoms with Gasteiger partial charge in [-0.05, 0) is 55.2 Å². The van der Waals surface area contributed by atoms with Crippen molar-refractivity contribution in [2.24, 2.45) is 0 Å². The molecule has 29 heavy (non-hydrogen) atoms. The number of carbonyl (C=O) groups is 2. The third kappa shape index (κ3) is 2.97. The summed E-state index contributed by atoms with van der Waals surface area (Å²) in [4.78, 5) is 24.4. The molecule has 3 aromatic rings. The van der Waals surface area contributed by atoms with E-state index in [1.807, 2.05) is 0 Å². The van der Waals surface area contributed by atoms with Crippen molar-refractivity contribution >= 4 is 23.2 Å². The molecule has 0 unspecified atom stereocenters. The summed E-state index contributed by atoms with van der Waals surface area (Å²) in [6.45, 7) is 0. The van der Waals surface area contributed by atoms with E-state index in [9.17, 15) is 18.4 Å². The predicted octanol–water partition coefficient (Wildman–Crippen LogP) is 3.39. The van der Waals surface area contributed by atoms with Gasteiger partial charge < -0.3 is 10.6 Å². The molecule has 8 heteroatoms. The molecule has 2 heterocycles. The number of aromatic nitrogens is 2. The fourth-order valence-electron chi connectivity index (χ4n) is 3.95. The molecule has 1 aromatic heterocycles. The smallest absolute Gasteiger partial charge is 0.276 e. The maximum atomic E-state index is 13.7. The standard InChI is InChI=1S/C21H16F2N4O2/c22-15-6-5-13(10-16(15)23)27-18-3-1-2-14(18)20(26-27)21(29)24-12-4-7-17-11(8-12)9-19(28)25-17/h4-8,10H,1-3,9H2,(H,24,29)(H,25,28). The monoisotopic (exact) mass is 394 g/mol.